The Balaban J connectivity index is 2.50. The first kappa shape index (κ1) is 15.0. The molecular weight excluding hydrogens is 228 g/mol. The summed E-state index contributed by atoms with van der Waals surface area (Å²) < 4.78 is 0. The van der Waals surface area contributed by atoms with Crippen molar-refractivity contribution in [3.8, 4) is 0 Å². The maximum absolute atomic E-state index is 12.4. The summed E-state index contributed by atoms with van der Waals surface area (Å²) in [5.41, 5.74) is 0. The van der Waals surface area contributed by atoms with Gasteiger partial charge in [-0.05, 0) is 26.7 Å². The summed E-state index contributed by atoms with van der Waals surface area (Å²) >= 11 is 0. The summed E-state index contributed by atoms with van der Waals surface area (Å²) in [6.07, 6.45) is 4.58. The predicted octanol–water partition coefficient (Wildman–Crippen LogP) is 1.94. The van der Waals surface area contributed by atoms with Crippen molar-refractivity contribution in [1.29, 1.82) is 0 Å². The number of carbonyl (C=O) groups excluding carboxylic acids is 2. The van der Waals surface area contributed by atoms with E-state index in [0.29, 0.717) is 19.4 Å². The highest BCUT2D eigenvalue weighted by molar-refractivity contribution is 5.83. The van der Waals surface area contributed by atoms with Gasteiger partial charge in [0, 0.05) is 25.6 Å². The average molecular weight is 254 g/mol. The molecule has 4 nitrogen and oxygen atoms in total. The van der Waals surface area contributed by atoms with Crippen molar-refractivity contribution in [3.05, 3.63) is 0 Å². The number of nitrogens with zero attached hydrogens (tertiary/aromatic N) is 1. The maximum atomic E-state index is 12.4. The SMILES string of the molecule is CCCCCN(C(=O)C1CCC(=O)NC1)C(C)C. The van der Waals surface area contributed by atoms with Gasteiger partial charge in [0.05, 0.1) is 5.92 Å². The molecule has 1 rings (SSSR count). The maximum Gasteiger partial charge on any atom is 0.227 e. The highest BCUT2D eigenvalue weighted by Crippen LogP contribution is 2.16. The second kappa shape index (κ2) is 7.39. The van der Waals surface area contributed by atoms with Crippen LogP contribution >= 0.6 is 0 Å². The molecule has 1 heterocycles. The lowest BCUT2D eigenvalue weighted by atomic mass is 9.97. The second-order valence-electron chi connectivity index (χ2n) is 5.37. The van der Waals surface area contributed by atoms with E-state index in [0.717, 1.165) is 19.4 Å². The van der Waals surface area contributed by atoms with Gasteiger partial charge in [-0.1, -0.05) is 19.8 Å². The Hall–Kier alpha value is -1.06. The lowest BCUT2D eigenvalue weighted by Gasteiger charge is -2.32. The van der Waals surface area contributed by atoms with E-state index in [1.54, 1.807) is 0 Å². The van der Waals surface area contributed by atoms with Crippen molar-refractivity contribution in [2.24, 2.45) is 5.92 Å². The number of amides is 2. The summed E-state index contributed by atoms with van der Waals surface area (Å²) in [4.78, 5) is 25.5. The fourth-order valence-corrected chi connectivity index (χ4v) is 2.33. The van der Waals surface area contributed by atoms with Crippen molar-refractivity contribution in [1.82, 2.24) is 10.2 Å². The second-order valence-corrected chi connectivity index (χ2v) is 5.37. The van der Waals surface area contributed by atoms with Crippen LogP contribution in [0.25, 0.3) is 0 Å². The molecule has 0 radical (unpaired) electrons. The molecule has 0 aromatic rings. The van der Waals surface area contributed by atoms with Gasteiger partial charge in [-0.2, -0.15) is 0 Å². The van der Waals surface area contributed by atoms with E-state index >= 15 is 0 Å². The van der Waals surface area contributed by atoms with E-state index < -0.39 is 0 Å². The van der Waals surface area contributed by atoms with Gasteiger partial charge in [-0.3, -0.25) is 9.59 Å². The van der Waals surface area contributed by atoms with Crippen LogP contribution < -0.4 is 5.32 Å². The lowest BCUT2D eigenvalue weighted by molar-refractivity contribution is -0.139. The van der Waals surface area contributed by atoms with Gasteiger partial charge < -0.3 is 10.2 Å². The molecule has 0 aromatic heterocycles. The van der Waals surface area contributed by atoms with Crippen molar-refractivity contribution >= 4 is 11.8 Å². The predicted molar refractivity (Wildman–Crippen MR) is 72.1 cm³/mol. The zero-order valence-corrected chi connectivity index (χ0v) is 11.9. The standard InChI is InChI=1S/C14H26N2O2/c1-4-5-6-9-16(11(2)3)14(18)12-7-8-13(17)15-10-12/h11-12H,4-10H2,1-3H3,(H,15,17). The molecule has 2 amide bonds. The molecule has 104 valence electrons. The van der Waals surface area contributed by atoms with Crippen LogP contribution in [-0.4, -0.2) is 35.8 Å². The molecule has 1 aliphatic rings. The summed E-state index contributed by atoms with van der Waals surface area (Å²) in [5.74, 6) is 0.258. The van der Waals surface area contributed by atoms with Crippen molar-refractivity contribution in [2.45, 2.75) is 58.9 Å². The number of carbonyl (C=O) groups is 2. The van der Waals surface area contributed by atoms with Crippen LogP contribution in [0, 0.1) is 5.92 Å². The van der Waals surface area contributed by atoms with Gasteiger partial charge in [-0.15, -0.1) is 0 Å². The van der Waals surface area contributed by atoms with Gasteiger partial charge in [0.1, 0.15) is 0 Å². The fourth-order valence-electron chi connectivity index (χ4n) is 2.33. The normalized spacial score (nSPS) is 19.8. The monoisotopic (exact) mass is 254 g/mol. The fraction of sp³-hybridized carbons (Fsp3) is 0.857. The molecule has 0 spiro atoms. The van der Waals surface area contributed by atoms with Crippen LogP contribution in [0.2, 0.25) is 0 Å². The molecule has 4 heteroatoms. The molecular formula is C14H26N2O2. The minimum absolute atomic E-state index is 0.0215. The Morgan fingerprint density at radius 3 is 2.67 bits per heavy atom. The van der Waals surface area contributed by atoms with E-state index in [1.165, 1.54) is 6.42 Å². The smallest absolute Gasteiger partial charge is 0.227 e. The zero-order chi connectivity index (χ0) is 13.5. The number of unbranched alkanes of at least 4 members (excludes halogenated alkanes) is 2. The first-order valence-electron chi connectivity index (χ1n) is 7.13. The lowest BCUT2D eigenvalue weighted by Crippen LogP contribution is -2.47. The Morgan fingerprint density at radius 2 is 2.17 bits per heavy atom. The van der Waals surface area contributed by atoms with E-state index in [1.807, 2.05) is 4.90 Å². The minimum atomic E-state index is -0.0215. The molecule has 0 aromatic carbocycles. The van der Waals surface area contributed by atoms with E-state index in [2.05, 4.69) is 26.1 Å². The van der Waals surface area contributed by atoms with Crippen molar-refractivity contribution in [3.63, 3.8) is 0 Å². The highest BCUT2D eigenvalue weighted by Gasteiger charge is 2.29. The minimum Gasteiger partial charge on any atom is -0.355 e. The van der Waals surface area contributed by atoms with E-state index in [-0.39, 0.29) is 23.8 Å². The number of nitrogens with one attached hydrogen (secondary N) is 1. The van der Waals surface area contributed by atoms with Crippen LogP contribution in [0.15, 0.2) is 0 Å². The van der Waals surface area contributed by atoms with E-state index in [9.17, 15) is 9.59 Å². The third kappa shape index (κ3) is 4.31. The Morgan fingerprint density at radius 1 is 1.44 bits per heavy atom. The topological polar surface area (TPSA) is 49.4 Å². The van der Waals surface area contributed by atoms with Gasteiger partial charge >= 0.3 is 0 Å². The average Bonchev–Trinajstić information content (AvgIpc) is 2.34. The summed E-state index contributed by atoms with van der Waals surface area (Å²) in [5, 5.41) is 2.79. The summed E-state index contributed by atoms with van der Waals surface area (Å²) in [6, 6.07) is 0.243. The molecule has 1 N–H and O–H groups in total. The first-order chi connectivity index (χ1) is 8.56. The number of rotatable bonds is 6. The van der Waals surface area contributed by atoms with Crippen LogP contribution in [0.5, 0.6) is 0 Å². The third-order valence-corrected chi connectivity index (χ3v) is 3.52. The summed E-state index contributed by atoms with van der Waals surface area (Å²) in [6.45, 7) is 7.64. The van der Waals surface area contributed by atoms with Crippen LogP contribution in [0.3, 0.4) is 0 Å². The summed E-state index contributed by atoms with van der Waals surface area (Å²) in [7, 11) is 0. The molecule has 1 unspecified atom stereocenters. The Bertz CT molecular complexity index is 280. The van der Waals surface area contributed by atoms with Crippen LogP contribution in [0.1, 0.15) is 52.9 Å². The van der Waals surface area contributed by atoms with E-state index in [4.69, 9.17) is 0 Å². The Kier molecular flexibility index (Phi) is 6.16. The molecule has 0 bridgehead atoms. The van der Waals surface area contributed by atoms with Gasteiger partial charge in [0.15, 0.2) is 0 Å². The molecule has 1 fully saturated rings. The van der Waals surface area contributed by atoms with Crippen LogP contribution in [0.4, 0.5) is 0 Å². The Labute approximate surface area is 110 Å². The number of piperidine rings is 1. The molecule has 0 aliphatic carbocycles. The number of hydrogen-bond donors (Lipinski definition) is 1. The third-order valence-electron chi connectivity index (χ3n) is 3.52. The van der Waals surface area contributed by atoms with Crippen molar-refractivity contribution in [2.75, 3.05) is 13.1 Å². The van der Waals surface area contributed by atoms with Gasteiger partial charge in [-0.25, -0.2) is 0 Å². The first-order valence-corrected chi connectivity index (χ1v) is 7.13. The van der Waals surface area contributed by atoms with Gasteiger partial charge in [0.25, 0.3) is 0 Å². The largest absolute Gasteiger partial charge is 0.355 e. The van der Waals surface area contributed by atoms with Crippen molar-refractivity contribution < 1.29 is 9.59 Å². The van der Waals surface area contributed by atoms with Gasteiger partial charge in [0.2, 0.25) is 11.8 Å². The number of hydrogen-bond acceptors (Lipinski definition) is 2. The zero-order valence-electron chi connectivity index (χ0n) is 11.9. The molecule has 0 saturated carbocycles. The molecule has 1 aliphatic heterocycles. The molecule has 18 heavy (non-hydrogen) atoms. The molecule has 1 saturated heterocycles. The van der Waals surface area contributed by atoms with Crippen LogP contribution in [-0.2, 0) is 9.59 Å². The highest BCUT2D eigenvalue weighted by atomic mass is 16.2. The molecule has 1 atom stereocenters. The quantitative estimate of drug-likeness (QED) is 0.736.